The molecule has 0 aliphatic heterocycles. The average Bonchev–Trinajstić information content (AvgIpc) is 2.78. The summed E-state index contributed by atoms with van der Waals surface area (Å²) >= 11 is 0. The Morgan fingerprint density at radius 2 is 1.64 bits per heavy atom. The van der Waals surface area contributed by atoms with Crippen LogP contribution in [-0.2, 0) is 26.2 Å². The van der Waals surface area contributed by atoms with Gasteiger partial charge in [-0.1, -0.05) is 43.7 Å². The van der Waals surface area contributed by atoms with Crippen molar-refractivity contribution in [2.75, 3.05) is 20.1 Å². The molecule has 2 amide bonds. The zero-order chi connectivity index (χ0) is 24.6. The monoisotopic (exact) mass is 477 g/mol. The number of likely N-dealkylation sites (N-methyl/N-ethyl adjacent to an activating group) is 1. The molecule has 9 heteroatoms. The van der Waals surface area contributed by atoms with Crippen LogP contribution in [0.5, 0.6) is 0 Å². The molecule has 33 heavy (non-hydrogen) atoms. The maximum Gasteiger partial charge on any atom is 0.243 e. The molecule has 0 spiro atoms. The first-order chi connectivity index (χ1) is 15.6. The van der Waals surface area contributed by atoms with E-state index in [1.807, 2.05) is 13.8 Å². The minimum Gasteiger partial charge on any atom is -0.354 e. The van der Waals surface area contributed by atoms with Gasteiger partial charge in [0.2, 0.25) is 21.8 Å². The first-order valence-electron chi connectivity index (χ1n) is 10.9. The Hall–Kier alpha value is -2.78. The summed E-state index contributed by atoms with van der Waals surface area (Å²) in [6, 6.07) is 11.2. The number of amides is 2. The number of carbonyl (C=O) groups is 2. The minimum atomic E-state index is -3.89. The minimum absolute atomic E-state index is 0.0512. The van der Waals surface area contributed by atoms with Crippen molar-refractivity contribution < 1.29 is 22.4 Å². The quantitative estimate of drug-likeness (QED) is 0.539. The van der Waals surface area contributed by atoms with Gasteiger partial charge >= 0.3 is 0 Å². The molecule has 2 aromatic rings. The van der Waals surface area contributed by atoms with Crippen molar-refractivity contribution >= 4 is 21.8 Å². The fourth-order valence-electron chi connectivity index (χ4n) is 3.33. The number of rotatable bonds is 11. The fraction of sp³-hybridized carbons (Fsp3) is 0.417. The van der Waals surface area contributed by atoms with Gasteiger partial charge in [-0.15, -0.1) is 0 Å². The van der Waals surface area contributed by atoms with Gasteiger partial charge in [-0.25, -0.2) is 12.8 Å². The molecule has 0 aromatic heterocycles. The van der Waals surface area contributed by atoms with E-state index in [1.165, 1.54) is 36.2 Å². The number of aryl methyl sites for hydroxylation is 1. The van der Waals surface area contributed by atoms with Crippen molar-refractivity contribution in [3.8, 4) is 0 Å². The Morgan fingerprint density at radius 3 is 2.18 bits per heavy atom. The summed E-state index contributed by atoms with van der Waals surface area (Å²) in [5, 5.41) is 2.80. The molecule has 1 atom stereocenters. The zero-order valence-corrected chi connectivity index (χ0v) is 20.4. The summed E-state index contributed by atoms with van der Waals surface area (Å²) in [5.74, 6) is -1.23. The van der Waals surface area contributed by atoms with E-state index in [2.05, 4.69) is 5.32 Å². The van der Waals surface area contributed by atoms with Crippen LogP contribution in [0.25, 0.3) is 0 Å². The average molecular weight is 478 g/mol. The lowest BCUT2D eigenvalue weighted by Gasteiger charge is -2.32. The van der Waals surface area contributed by atoms with Crippen molar-refractivity contribution in [3.63, 3.8) is 0 Å². The van der Waals surface area contributed by atoms with Crippen molar-refractivity contribution in [1.82, 2.24) is 14.5 Å². The highest BCUT2D eigenvalue weighted by Crippen LogP contribution is 2.17. The molecule has 0 aliphatic rings. The van der Waals surface area contributed by atoms with Gasteiger partial charge in [0.15, 0.2) is 0 Å². The molecule has 2 aromatic carbocycles. The Labute approximate surface area is 195 Å². The maximum atomic E-state index is 13.3. The topological polar surface area (TPSA) is 86.8 Å². The second kappa shape index (κ2) is 11.9. The van der Waals surface area contributed by atoms with Crippen LogP contribution in [0.1, 0.15) is 37.8 Å². The molecular formula is C24H32FN3O4S. The molecule has 0 fully saturated rings. The zero-order valence-electron chi connectivity index (χ0n) is 19.5. The molecule has 0 aliphatic carbocycles. The SMILES string of the molecule is CCCNC(=O)[C@H](CC)N(Cc1ccc(F)cc1)C(=O)CN(C)S(=O)(=O)c1ccc(C)cc1. The summed E-state index contributed by atoms with van der Waals surface area (Å²) < 4.78 is 40.2. The number of nitrogens with one attached hydrogen (secondary N) is 1. The van der Waals surface area contributed by atoms with Gasteiger partial charge in [0, 0.05) is 20.1 Å². The molecule has 0 bridgehead atoms. The van der Waals surface area contributed by atoms with Crippen LogP contribution in [0.4, 0.5) is 4.39 Å². The van der Waals surface area contributed by atoms with Crippen molar-refractivity contribution in [3.05, 3.63) is 65.5 Å². The number of hydrogen-bond acceptors (Lipinski definition) is 4. The van der Waals surface area contributed by atoms with Gasteiger partial charge in [-0.05, 0) is 49.6 Å². The van der Waals surface area contributed by atoms with Crippen LogP contribution in [0.3, 0.4) is 0 Å². The molecule has 0 saturated carbocycles. The van der Waals surface area contributed by atoms with Crippen LogP contribution in [0.15, 0.2) is 53.4 Å². The van der Waals surface area contributed by atoms with Gasteiger partial charge < -0.3 is 10.2 Å². The first-order valence-corrected chi connectivity index (χ1v) is 12.4. The van der Waals surface area contributed by atoms with Crippen molar-refractivity contribution in [2.45, 2.75) is 51.1 Å². The van der Waals surface area contributed by atoms with Gasteiger partial charge in [0.1, 0.15) is 11.9 Å². The van der Waals surface area contributed by atoms with E-state index >= 15 is 0 Å². The normalized spacial score (nSPS) is 12.4. The number of carbonyl (C=O) groups excluding carboxylic acids is 2. The largest absolute Gasteiger partial charge is 0.354 e. The summed E-state index contributed by atoms with van der Waals surface area (Å²) in [6.07, 6.45) is 1.09. The van der Waals surface area contributed by atoms with E-state index in [0.717, 1.165) is 16.3 Å². The molecular weight excluding hydrogens is 445 g/mol. The van der Waals surface area contributed by atoms with E-state index in [4.69, 9.17) is 0 Å². The fourth-order valence-corrected chi connectivity index (χ4v) is 4.45. The van der Waals surface area contributed by atoms with Crippen molar-refractivity contribution in [1.29, 1.82) is 0 Å². The summed E-state index contributed by atoms with van der Waals surface area (Å²) in [6.45, 7) is 5.65. The van der Waals surface area contributed by atoms with E-state index in [1.54, 1.807) is 31.2 Å². The second-order valence-corrected chi connectivity index (χ2v) is 9.98. The van der Waals surface area contributed by atoms with E-state index in [-0.39, 0.29) is 17.3 Å². The van der Waals surface area contributed by atoms with Crippen LogP contribution in [0.2, 0.25) is 0 Å². The summed E-state index contributed by atoms with van der Waals surface area (Å²) in [7, 11) is -2.56. The van der Waals surface area contributed by atoms with Gasteiger partial charge in [-0.2, -0.15) is 4.31 Å². The molecule has 0 saturated heterocycles. The van der Waals surface area contributed by atoms with E-state index in [0.29, 0.717) is 18.5 Å². The third-order valence-electron chi connectivity index (χ3n) is 5.29. The van der Waals surface area contributed by atoms with E-state index in [9.17, 15) is 22.4 Å². The van der Waals surface area contributed by atoms with Gasteiger partial charge in [-0.3, -0.25) is 9.59 Å². The Kier molecular flexibility index (Phi) is 9.55. The lowest BCUT2D eigenvalue weighted by atomic mass is 10.1. The molecule has 1 N–H and O–H groups in total. The highest BCUT2D eigenvalue weighted by atomic mass is 32.2. The molecule has 0 radical (unpaired) electrons. The number of halogens is 1. The molecule has 0 unspecified atom stereocenters. The Balaban J connectivity index is 2.29. The Bertz CT molecular complexity index is 1040. The predicted molar refractivity (Wildman–Crippen MR) is 125 cm³/mol. The number of benzene rings is 2. The predicted octanol–water partition coefficient (Wildman–Crippen LogP) is 3.09. The molecule has 2 rings (SSSR count). The first kappa shape index (κ1) is 26.5. The van der Waals surface area contributed by atoms with Crippen LogP contribution in [-0.4, -0.2) is 55.6 Å². The highest BCUT2D eigenvalue weighted by molar-refractivity contribution is 7.89. The molecule has 7 nitrogen and oxygen atoms in total. The third kappa shape index (κ3) is 7.10. The lowest BCUT2D eigenvalue weighted by Crippen LogP contribution is -2.51. The molecule has 0 heterocycles. The molecule has 180 valence electrons. The van der Waals surface area contributed by atoms with Gasteiger partial charge in [0.05, 0.1) is 11.4 Å². The van der Waals surface area contributed by atoms with Crippen LogP contribution >= 0.6 is 0 Å². The van der Waals surface area contributed by atoms with Crippen LogP contribution < -0.4 is 5.32 Å². The number of nitrogens with zero attached hydrogens (tertiary/aromatic N) is 2. The standard InChI is InChI=1S/C24H32FN3O4S/c1-5-15-26-24(30)22(6-2)28(16-19-9-11-20(25)12-10-19)23(29)17-27(4)33(31,32)21-13-7-18(3)8-14-21/h7-14,22H,5-6,15-17H2,1-4H3,(H,26,30)/t22-/m0/s1. The highest BCUT2D eigenvalue weighted by Gasteiger charge is 2.31. The second-order valence-electron chi connectivity index (χ2n) is 7.94. The third-order valence-corrected chi connectivity index (χ3v) is 7.11. The summed E-state index contributed by atoms with van der Waals surface area (Å²) in [4.78, 5) is 27.5. The van der Waals surface area contributed by atoms with Crippen LogP contribution in [0, 0.1) is 12.7 Å². The van der Waals surface area contributed by atoms with Crippen molar-refractivity contribution in [2.24, 2.45) is 0 Å². The number of hydrogen-bond donors (Lipinski definition) is 1. The Morgan fingerprint density at radius 1 is 1.03 bits per heavy atom. The smallest absolute Gasteiger partial charge is 0.243 e. The van der Waals surface area contributed by atoms with E-state index < -0.39 is 34.3 Å². The number of sulfonamides is 1. The summed E-state index contributed by atoms with van der Waals surface area (Å²) in [5.41, 5.74) is 1.55. The maximum absolute atomic E-state index is 13.3. The lowest BCUT2D eigenvalue weighted by molar-refractivity contribution is -0.141. The van der Waals surface area contributed by atoms with Gasteiger partial charge in [0.25, 0.3) is 0 Å².